The number of benzene rings is 1. The van der Waals surface area contributed by atoms with Gasteiger partial charge in [0.25, 0.3) is 0 Å². The molecule has 0 N–H and O–H groups in total. The number of thiophene rings is 1. The Kier molecular flexibility index (Phi) is 6.79. The average Bonchev–Trinajstić information content (AvgIpc) is 3.21. The molecular weight excluding hydrogens is 403 g/mol. The molecule has 160 valence electrons. The smallest absolute Gasteiger partial charge is 0.242 e. The highest BCUT2D eigenvalue weighted by molar-refractivity contribution is 7.09. The molecule has 2 aromatic rings. The Morgan fingerprint density at radius 1 is 1.07 bits per heavy atom. The van der Waals surface area contributed by atoms with E-state index in [-0.39, 0.29) is 36.2 Å². The summed E-state index contributed by atoms with van der Waals surface area (Å²) in [6.45, 7) is 2.10. The van der Waals surface area contributed by atoms with Gasteiger partial charge in [-0.25, -0.2) is 4.39 Å². The van der Waals surface area contributed by atoms with E-state index in [0.29, 0.717) is 19.6 Å². The molecule has 2 amide bonds. The SMILES string of the molecule is O=C(CN(CC1CCCO1)C(=O)C1CC1)N(Cc1ccc(F)cc1)Cc1cccs1. The van der Waals surface area contributed by atoms with Gasteiger partial charge < -0.3 is 14.5 Å². The summed E-state index contributed by atoms with van der Waals surface area (Å²) in [6.07, 6.45) is 3.76. The van der Waals surface area contributed by atoms with Crippen LogP contribution in [0.3, 0.4) is 0 Å². The van der Waals surface area contributed by atoms with Crippen LogP contribution in [0.4, 0.5) is 4.39 Å². The summed E-state index contributed by atoms with van der Waals surface area (Å²) in [5.74, 6) is -0.272. The second kappa shape index (κ2) is 9.71. The molecule has 5 nitrogen and oxygen atoms in total. The van der Waals surface area contributed by atoms with Crippen molar-refractivity contribution in [2.24, 2.45) is 5.92 Å². The first kappa shape index (κ1) is 21.0. The van der Waals surface area contributed by atoms with Crippen molar-refractivity contribution in [2.75, 3.05) is 19.7 Å². The number of nitrogens with zero attached hydrogens (tertiary/aromatic N) is 2. The fourth-order valence-electron chi connectivity index (χ4n) is 3.75. The second-order valence-corrected chi connectivity index (χ2v) is 9.12. The molecule has 1 aromatic carbocycles. The fourth-order valence-corrected chi connectivity index (χ4v) is 4.47. The Balaban J connectivity index is 1.47. The molecule has 0 spiro atoms. The highest BCUT2D eigenvalue weighted by atomic mass is 32.1. The molecule has 1 atom stereocenters. The number of ether oxygens (including phenoxy) is 1. The summed E-state index contributed by atoms with van der Waals surface area (Å²) in [6, 6.07) is 10.2. The van der Waals surface area contributed by atoms with Crippen molar-refractivity contribution in [3.63, 3.8) is 0 Å². The lowest BCUT2D eigenvalue weighted by Crippen LogP contribution is -2.45. The van der Waals surface area contributed by atoms with Crippen LogP contribution in [0.15, 0.2) is 41.8 Å². The maximum atomic E-state index is 13.3. The molecule has 0 radical (unpaired) electrons. The van der Waals surface area contributed by atoms with Crippen molar-refractivity contribution in [2.45, 2.75) is 44.9 Å². The van der Waals surface area contributed by atoms with Crippen LogP contribution in [0.5, 0.6) is 0 Å². The van der Waals surface area contributed by atoms with E-state index in [9.17, 15) is 14.0 Å². The van der Waals surface area contributed by atoms with Crippen molar-refractivity contribution in [1.29, 1.82) is 0 Å². The standard InChI is InChI=1S/C23H27FN2O3S/c24-19-9-5-17(6-10-19)13-25(15-21-4-2-12-30-21)22(27)16-26(23(28)18-7-8-18)14-20-3-1-11-29-20/h2,4-6,9-10,12,18,20H,1,3,7-8,11,13-16H2. The van der Waals surface area contributed by atoms with Gasteiger partial charge in [0, 0.05) is 30.5 Å². The van der Waals surface area contributed by atoms with Crippen LogP contribution in [0.1, 0.15) is 36.1 Å². The minimum atomic E-state index is -0.298. The zero-order valence-corrected chi connectivity index (χ0v) is 17.8. The van der Waals surface area contributed by atoms with Crippen LogP contribution >= 0.6 is 11.3 Å². The molecule has 1 aromatic heterocycles. The minimum absolute atomic E-state index is 0.0170. The summed E-state index contributed by atoms with van der Waals surface area (Å²) in [7, 11) is 0. The lowest BCUT2D eigenvalue weighted by Gasteiger charge is -2.29. The van der Waals surface area contributed by atoms with Gasteiger partial charge in [-0.15, -0.1) is 11.3 Å². The van der Waals surface area contributed by atoms with Gasteiger partial charge in [-0.3, -0.25) is 9.59 Å². The zero-order valence-electron chi connectivity index (χ0n) is 17.0. The molecule has 2 aliphatic rings. The molecule has 2 heterocycles. The molecule has 7 heteroatoms. The van der Waals surface area contributed by atoms with Crippen molar-refractivity contribution in [1.82, 2.24) is 9.80 Å². The van der Waals surface area contributed by atoms with Crippen molar-refractivity contribution >= 4 is 23.2 Å². The molecule has 1 saturated carbocycles. The molecule has 0 bridgehead atoms. The maximum absolute atomic E-state index is 13.3. The monoisotopic (exact) mass is 430 g/mol. The Morgan fingerprint density at radius 2 is 1.87 bits per heavy atom. The number of carbonyl (C=O) groups excluding carboxylic acids is 2. The average molecular weight is 431 g/mol. The topological polar surface area (TPSA) is 49.9 Å². The van der Waals surface area contributed by atoms with Gasteiger partial charge in [-0.05, 0) is 54.8 Å². The predicted molar refractivity (Wildman–Crippen MR) is 113 cm³/mol. The van der Waals surface area contributed by atoms with Crippen LogP contribution in [-0.4, -0.2) is 47.4 Å². The van der Waals surface area contributed by atoms with Crippen LogP contribution < -0.4 is 0 Å². The maximum Gasteiger partial charge on any atom is 0.242 e. The highest BCUT2D eigenvalue weighted by Crippen LogP contribution is 2.31. The first-order valence-electron chi connectivity index (χ1n) is 10.5. The third-order valence-corrected chi connectivity index (χ3v) is 6.44. The third-order valence-electron chi connectivity index (χ3n) is 5.58. The van der Waals surface area contributed by atoms with E-state index in [0.717, 1.165) is 42.7 Å². The molecule has 30 heavy (non-hydrogen) atoms. The number of hydrogen-bond acceptors (Lipinski definition) is 4. The number of rotatable bonds is 9. The van der Waals surface area contributed by atoms with Crippen molar-refractivity contribution < 1.29 is 18.7 Å². The largest absolute Gasteiger partial charge is 0.376 e. The van der Waals surface area contributed by atoms with Gasteiger partial charge in [0.2, 0.25) is 11.8 Å². The summed E-state index contributed by atoms with van der Waals surface area (Å²) in [4.78, 5) is 30.6. The second-order valence-electron chi connectivity index (χ2n) is 8.08. The van der Waals surface area contributed by atoms with E-state index in [2.05, 4.69) is 0 Å². The first-order valence-corrected chi connectivity index (χ1v) is 11.4. The van der Waals surface area contributed by atoms with Crippen molar-refractivity contribution in [3.8, 4) is 0 Å². The molecule has 1 aliphatic carbocycles. The van der Waals surface area contributed by atoms with Gasteiger partial charge >= 0.3 is 0 Å². The molecule has 2 fully saturated rings. The van der Waals surface area contributed by atoms with Crippen LogP contribution in [0, 0.1) is 11.7 Å². The highest BCUT2D eigenvalue weighted by Gasteiger charge is 2.36. The van der Waals surface area contributed by atoms with Gasteiger partial charge in [-0.2, -0.15) is 0 Å². The lowest BCUT2D eigenvalue weighted by atomic mass is 10.2. The lowest BCUT2D eigenvalue weighted by molar-refractivity contribution is -0.143. The molecule has 1 saturated heterocycles. The number of halogens is 1. The molecule has 1 unspecified atom stereocenters. The first-order chi connectivity index (χ1) is 14.6. The summed E-state index contributed by atoms with van der Waals surface area (Å²) >= 11 is 1.59. The van der Waals surface area contributed by atoms with E-state index in [4.69, 9.17) is 4.74 Å². The van der Waals surface area contributed by atoms with Gasteiger partial charge in [0.15, 0.2) is 0 Å². The summed E-state index contributed by atoms with van der Waals surface area (Å²) in [5.41, 5.74) is 0.862. The van der Waals surface area contributed by atoms with E-state index in [1.54, 1.807) is 33.3 Å². The van der Waals surface area contributed by atoms with Gasteiger partial charge in [0.1, 0.15) is 5.82 Å². The van der Waals surface area contributed by atoms with Crippen LogP contribution in [0.2, 0.25) is 0 Å². The Bertz CT molecular complexity index is 846. The Hall–Kier alpha value is -2.25. The van der Waals surface area contributed by atoms with Crippen LogP contribution in [-0.2, 0) is 27.4 Å². The predicted octanol–water partition coefficient (Wildman–Crippen LogP) is 3.83. The fraction of sp³-hybridized carbons (Fsp3) is 0.478. The van der Waals surface area contributed by atoms with E-state index in [1.165, 1.54) is 12.1 Å². The van der Waals surface area contributed by atoms with Gasteiger partial charge in [0.05, 0.1) is 19.2 Å². The third kappa shape index (κ3) is 5.67. The van der Waals surface area contributed by atoms with E-state index < -0.39 is 0 Å². The van der Waals surface area contributed by atoms with Crippen LogP contribution in [0.25, 0.3) is 0 Å². The number of hydrogen-bond donors (Lipinski definition) is 0. The van der Waals surface area contributed by atoms with Crippen molar-refractivity contribution in [3.05, 3.63) is 58.0 Å². The van der Waals surface area contributed by atoms with E-state index in [1.807, 2.05) is 17.5 Å². The molecule has 1 aliphatic heterocycles. The number of carbonyl (C=O) groups is 2. The van der Waals surface area contributed by atoms with E-state index >= 15 is 0 Å². The van der Waals surface area contributed by atoms with Gasteiger partial charge in [-0.1, -0.05) is 18.2 Å². The zero-order chi connectivity index (χ0) is 20.9. The normalized spacial score (nSPS) is 18.4. The quantitative estimate of drug-likeness (QED) is 0.608. The molecule has 4 rings (SSSR count). The summed E-state index contributed by atoms with van der Waals surface area (Å²) in [5, 5.41) is 1.98. The number of amides is 2. The molecular formula is C23H27FN2O3S. The Labute approximate surface area is 180 Å². The minimum Gasteiger partial charge on any atom is -0.376 e. The summed E-state index contributed by atoms with van der Waals surface area (Å²) < 4.78 is 19.0. The Morgan fingerprint density at radius 3 is 2.50 bits per heavy atom.